The van der Waals surface area contributed by atoms with Gasteiger partial charge >= 0.3 is 6.03 Å². The number of amides is 3. The molecule has 1 fully saturated rings. The van der Waals surface area contributed by atoms with Crippen LogP contribution >= 0.6 is 23.2 Å². The number of pyridine rings is 1. The molecule has 35 heavy (non-hydrogen) atoms. The molecule has 1 aromatic heterocycles. The molecular formula is C26H27Cl2N5O2. The van der Waals surface area contributed by atoms with Crippen LogP contribution in [0.3, 0.4) is 0 Å². The van der Waals surface area contributed by atoms with E-state index in [0.717, 1.165) is 29.9 Å². The number of urea groups is 1. The van der Waals surface area contributed by atoms with Crippen LogP contribution < -0.4 is 15.5 Å². The zero-order valence-electron chi connectivity index (χ0n) is 19.2. The van der Waals surface area contributed by atoms with Crippen LogP contribution in [0.1, 0.15) is 18.5 Å². The lowest BCUT2D eigenvalue weighted by Gasteiger charge is -2.36. The molecular weight excluding hydrogens is 485 g/mol. The molecule has 0 radical (unpaired) electrons. The summed E-state index contributed by atoms with van der Waals surface area (Å²) in [5.74, 6) is -0.00747. The SMILES string of the molecule is O=C(CCCc1ccccn1)Nc1ccc(N2CCN(C(=O)Nc3c(Cl)cccc3Cl)CC2)cc1. The molecule has 3 amide bonds. The third-order valence-corrected chi connectivity index (χ3v) is 6.47. The van der Waals surface area contributed by atoms with Crippen LogP contribution in [0.5, 0.6) is 0 Å². The number of hydrogen-bond acceptors (Lipinski definition) is 4. The fourth-order valence-corrected chi connectivity index (χ4v) is 4.42. The van der Waals surface area contributed by atoms with Gasteiger partial charge in [-0.2, -0.15) is 0 Å². The smallest absolute Gasteiger partial charge is 0.322 e. The lowest BCUT2D eigenvalue weighted by Crippen LogP contribution is -2.50. The van der Waals surface area contributed by atoms with E-state index in [1.807, 2.05) is 42.5 Å². The summed E-state index contributed by atoms with van der Waals surface area (Å²) in [5, 5.41) is 6.58. The minimum atomic E-state index is -0.222. The van der Waals surface area contributed by atoms with Crippen molar-refractivity contribution in [3.63, 3.8) is 0 Å². The van der Waals surface area contributed by atoms with Gasteiger partial charge in [0.05, 0.1) is 15.7 Å². The Labute approximate surface area is 215 Å². The van der Waals surface area contributed by atoms with Gasteiger partial charge in [0.2, 0.25) is 5.91 Å². The van der Waals surface area contributed by atoms with Gasteiger partial charge < -0.3 is 20.4 Å². The van der Waals surface area contributed by atoms with E-state index in [9.17, 15) is 9.59 Å². The summed E-state index contributed by atoms with van der Waals surface area (Å²) in [4.78, 5) is 33.2. The van der Waals surface area contributed by atoms with Crippen molar-refractivity contribution in [3.8, 4) is 0 Å². The van der Waals surface area contributed by atoms with Gasteiger partial charge in [-0.15, -0.1) is 0 Å². The number of aromatic nitrogens is 1. The number of carbonyl (C=O) groups is 2. The van der Waals surface area contributed by atoms with Crippen molar-refractivity contribution in [1.82, 2.24) is 9.88 Å². The number of hydrogen-bond donors (Lipinski definition) is 2. The van der Waals surface area contributed by atoms with Crippen molar-refractivity contribution in [1.29, 1.82) is 0 Å². The van der Waals surface area contributed by atoms with Crippen LogP contribution in [-0.4, -0.2) is 48.0 Å². The highest BCUT2D eigenvalue weighted by Crippen LogP contribution is 2.30. The number of rotatable bonds is 7. The molecule has 7 nitrogen and oxygen atoms in total. The molecule has 1 aliphatic heterocycles. The van der Waals surface area contributed by atoms with Crippen LogP contribution in [0.15, 0.2) is 66.9 Å². The third-order valence-electron chi connectivity index (χ3n) is 5.84. The first kappa shape index (κ1) is 24.8. The Morgan fingerprint density at radius 1 is 0.857 bits per heavy atom. The zero-order valence-corrected chi connectivity index (χ0v) is 20.7. The maximum Gasteiger partial charge on any atom is 0.322 e. The summed E-state index contributed by atoms with van der Waals surface area (Å²) in [5.41, 5.74) is 3.24. The molecule has 4 rings (SSSR count). The van der Waals surface area contributed by atoms with Gasteiger partial charge in [0, 0.05) is 55.9 Å². The van der Waals surface area contributed by atoms with Crippen LogP contribution in [0.4, 0.5) is 21.9 Å². The largest absolute Gasteiger partial charge is 0.368 e. The first-order chi connectivity index (χ1) is 17.0. The number of nitrogens with zero attached hydrogens (tertiary/aromatic N) is 3. The van der Waals surface area contributed by atoms with Gasteiger partial charge in [0.1, 0.15) is 0 Å². The van der Waals surface area contributed by atoms with Gasteiger partial charge in [0.15, 0.2) is 0 Å². The lowest BCUT2D eigenvalue weighted by molar-refractivity contribution is -0.116. The number of anilines is 3. The molecule has 9 heteroatoms. The average molecular weight is 512 g/mol. The van der Waals surface area contributed by atoms with Crippen molar-refractivity contribution < 1.29 is 9.59 Å². The Kier molecular flexibility index (Phi) is 8.45. The van der Waals surface area contributed by atoms with Gasteiger partial charge in [-0.1, -0.05) is 35.3 Å². The van der Waals surface area contributed by atoms with Gasteiger partial charge in [-0.05, 0) is 61.4 Å². The number of para-hydroxylation sites is 1. The number of aryl methyl sites for hydroxylation is 1. The average Bonchev–Trinajstić information content (AvgIpc) is 2.87. The highest BCUT2D eigenvalue weighted by atomic mass is 35.5. The molecule has 0 spiro atoms. The van der Waals surface area contributed by atoms with Crippen molar-refractivity contribution in [2.24, 2.45) is 0 Å². The van der Waals surface area contributed by atoms with Gasteiger partial charge in [-0.25, -0.2) is 4.79 Å². The first-order valence-corrected chi connectivity index (χ1v) is 12.3. The number of halogens is 2. The van der Waals surface area contributed by atoms with Crippen molar-refractivity contribution in [2.45, 2.75) is 19.3 Å². The van der Waals surface area contributed by atoms with Gasteiger partial charge in [0.25, 0.3) is 0 Å². The minimum Gasteiger partial charge on any atom is -0.368 e. The molecule has 0 aliphatic carbocycles. The predicted octanol–water partition coefficient (Wildman–Crippen LogP) is 5.70. The van der Waals surface area contributed by atoms with Crippen molar-refractivity contribution in [2.75, 3.05) is 41.7 Å². The summed E-state index contributed by atoms with van der Waals surface area (Å²) in [6.07, 6.45) is 3.74. The first-order valence-electron chi connectivity index (χ1n) is 11.5. The lowest BCUT2D eigenvalue weighted by atomic mass is 10.1. The van der Waals surface area contributed by atoms with Gasteiger partial charge in [-0.3, -0.25) is 9.78 Å². The van der Waals surface area contributed by atoms with Crippen LogP contribution in [0.25, 0.3) is 0 Å². The summed E-state index contributed by atoms with van der Waals surface area (Å²) in [6.45, 7) is 2.54. The maximum atomic E-state index is 12.7. The molecule has 2 heterocycles. The second-order valence-corrected chi connectivity index (χ2v) is 9.08. The van der Waals surface area contributed by atoms with Crippen LogP contribution in [-0.2, 0) is 11.2 Å². The van der Waals surface area contributed by atoms with Crippen LogP contribution in [0, 0.1) is 0 Å². The van der Waals surface area contributed by atoms with Crippen molar-refractivity contribution in [3.05, 3.63) is 82.6 Å². The number of nitrogens with one attached hydrogen (secondary N) is 2. The quantitative estimate of drug-likeness (QED) is 0.426. The van der Waals surface area contributed by atoms with E-state index < -0.39 is 0 Å². The van der Waals surface area contributed by atoms with E-state index in [0.29, 0.717) is 48.3 Å². The maximum absolute atomic E-state index is 12.7. The van der Waals surface area contributed by atoms with Crippen LogP contribution in [0.2, 0.25) is 10.0 Å². The monoisotopic (exact) mass is 511 g/mol. The molecule has 1 saturated heterocycles. The standard InChI is InChI=1S/C26H27Cl2N5O2/c27-22-7-4-8-23(28)25(22)31-26(35)33-17-15-32(16-18-33)21-12-10-20(11-13-21)30-24(34)9-3-6-19-5-1-2-14-29-19/h1-2,4-5,7-8,10-14H,3,6,9,15-18H2,(H,30,34)(H,31,35). The third kappa shape index (κ3) is 6.87. The van der Waals surface area contributed by atoms with E-state index in [1.165, 1.54) is 0 Å². The molecule has 1 aliphatic rings. The van der Waals surface area contributed by atoms with E-state index in [4.69, 9.17) is 23.2 Å². The highest BCUT2D eigenvalue weighted by Gasteiger charge is 2.22. The van der Waals surface area contributed by atoms with E-state index in [-0.39, 0.29) is 11.9 Å². The summed E-state index contributed by atoms with van der Waals surface area (Å²) in [7, 11) is 0. The Morgan fingerprint density at radius 3 is 2.23 bits per heavy atom. The summed E-state index contributed by atoms with van der Waals surface area (Å²) >= 11 is 12.3. The minimum absolute atomic E-state index is 0.00747. The van der Waals surface area contributed by atoms with E-state index in [1.54, 1.807) is 29.3 Å². The zero-order chi connectivity index (χ0) is 24.6. The molecule has 0 bridgehead atoms. The molecule has 2 aromatic carbocycles. The highest BCUT2D eigenvalue weighted by molar-refractivity contribution is 6.39. The predicted molar refractivity (Wildman–Crippen MR) is 142 cm³/mol. The fourth-order valence-electron chi connectivity index (χ4n) is 3.93. The summed E-state index contributed by atoms with van der Waals surface area (Å²) < 4.78 is 0. The number of piperazine rings is 1. The Morgan fingerprint density at radius 2 is 1.57 bits per heavy atom. The number of benzene rings is 2. The summed E-state index contributed by atoms with van der Waals surface area (Å²) in [6, 6.07) is 18.5. The molecule has 0 unspecified atom stereocenters. The fraction of sp³-hybridized carbons (Fsp3) is 0.269. The Bertz CT molecular complexity index is 1130. The van der Waals surface area contributed by atoms with E-state index in [2.05, 4.69) is 20.5 Å². The normalized spacial score (nSPS) is 13.4. The van der Waals surface area contributed by atoms with E-state index >= 15 is 0 Å². The van der Waals surface area contributed by atoms with Crippen molar-refractivity contribution >= 4 is 52.2 Å². The topological polar surface area (TPSA) is 77.6 Å². The Hall–Kier alpha value is -3.29. The molecule has 2 N–H and O–H groups in total. The molecule has 3 aromatic rings. The molecule has 0 atom stereocenters. The molecule has 182 valence electrons. The second-order valence-electron chi connectivity index (χ2n) is 8.27. The second kappa shape index (κ2) is 11.9. The number of carbonyl (C=O) groups excluding carboxylic acids is 2. The molecule has 0 saturated carbocycles. The Balaban J connectivity index is 1.22.